The molecule has 90 valence electrons. The average Bonchev–Trinajstić information content (AvgIpc) is 2.29. The molecule has 0 aliphatic heterocycles. The summed E-state index contributed by atoms with van der Waals surface area (Å²) in [5.41, 5.74) is 3.92. The van der Waals surface area contributed by atoms with Crippen molar-refractivity contribution in [2.45, 2.75) is 26.7 Å². The van der Waals surface area contributed by atoms with Crippen LogP contribution in [-0.2, 0) is 16.0 Å². The number of nitrogens with one attached hydrogen (secondary N) is 1. The Kier molecular flexibility index (Phi) is 5.46. The van der Waals surface area contributed by atoms with Gasteiger partial charge in [0.15, 0.2) is 6.29 Å². The summed E-state index contributed by atoms with van der Waals surface area (Å²) in [5, 5.41) is 3.32. The van der Waals surface area contributed by atoms with E-state index in [-0.39, 0.29) is 6.29 Å². The quantitative estimate of drug-likeness (QED) is 0.748. The van der Waals surface area contributed by atoms with Crippen molar-refractivity contribution in [1.82, 2.24) is 5.32 Å². The van der Waals surface area contributed by atoms with Crippen LogP contribution in [0.5, 0.6) is 0 Å². The third-order valence-corrected chi connectivity index (χ3v) is 2.66. The summed E-state index contributed by atoms with van der Waals surface area (Å²) in [5.74, 6) is 0. The molecule has 0 fully saturated rings. The summed E-state index contributed by atoms with van der Waals surface area (Å²) in [6, 6.07) is 6.49. The summed E-state index contributed by atoms with van der Waals surface area (Å²) in [6.07, 6.45) is -0.176. The molecule has 1 aromatic rings. The third kappa shape index (κ3) is 3.93. The van der Waals surface area contributed by atoms with Gasteiger partial charge in [-0.3, -0.25) is 0 Å². The second kappa shape index (κ2) is 6.63. The van der Waals surface area contributed by atoms with E-state index in [1.165, 1.54) is 16.7 Å². The highest BCUT2D eigenvalue weighted by molar-refractivity contribution is 5.30. The summed E-state index contributed by atoms with van der Waals surface area (Å²) in [4.78, 5) is 0. The first-order valence-corrected chi connectivity index (χ1v) is 5.49. The predicted octanol–water partition coefficient (Wildman–Crippen LogP) is 2.01. The number of hydrogen-bond donors (Lipinski definition) is 1. The molecule has 0 radical (unpaired) electrons. The van der Waals surface area contributed by atoms with Gasteiger partial charge in [0.1, 0.15) is 0 Å². The van der Waals surface area contributed by atoms with Gasteiger partial charge in [0.05, 0.1) is 0 Å². The first-order chi connectivity index (χ1) is 7.67. The normalized spacial score (nSPS) is 11.1. The number of benzene rings is 1. The highest BCUT2D eigenvalue weighted by Gasteiger charge is 2.04. The van der Waals surface area contributed by atoms with Gasteiger partial charge >= 0.3 is 0 Å². The number of hydrogen-bond acceptors (Lipinski definition) is 3. The van der Waals surface area contributed by atoms with E-state index >= 15 is 0 Å². The maximum absolute atomic E-state index is 5.11. The second-order valence-electron chi connectivity index (χ2n) is 3.96. The van der Waals surface area contributed by atoms with Crippen LogP contribution >= 0.6 is 0 Å². The maximum atomic E-state index is 5.11. The van der Waals surface area contributed by atoms with Crippen molar-refractivity contribution < 1.29 is 9.47 Å². The molecule has 1 aromatic carbocycles. The van der Waals surface area contributed by atoms with Gasteiger partial charge in [-0.05, 0) is 25.0 Å². The molecule has 3 nitrogen and oxygen atoms in total. The van der Waals surface area contributed by atoms with E-state index in [1.54, 1.807) is 14.2 Å². The highest BCUT2D eigenvalue weighted by atomic mass is 16.7. The van der Waals surface area contributed by atoms with Crippen molar-refractivity contribution in [3.8, 4) is 0 Å². The van der Waals surface area contributed by atoms with E-state index in [1.807, 2.05) is 0 Å². The highest BCUT2D eigenvalue weighted by Crippen LogP contribution is 2.10. The summed E-state index contributed by atoms with van der Waals surface area (Å²) >= 11 is 0. The molecule has 1 rings (SSSR count). The zero-order valence-electron chi connectivity index (χ0n) is 10.5. The SMILES string of the molecule is COC(CNCc1cc(C)ccc1C)OC. The minimum absolute atomic E-state index is 0.176. The molecule has 0 aliphatic carbocycles. The molecular weight excluding hydrogens is 202 g/mol. The molecule has 0 unspecified atom stereocenters. The molecule has 0 aromatic heterocycles. The Morgan fingerprint density at radius 1 is 1.19 bits per heavy atom. The summed E-state index contributed by atoms with van der Waals surface area (Å²) in [6.45, 7) is 5.77. The smallest absolute Gasteiger partial charge is 0.169 e. The van der Waals surface area contributed by atoms with E-state index in [0.29, 0.717) is 6.54 Å². The minimum Gasteiger partial charge on any atom is -0.355 e. The Bertz CT molecular complexity index is 322. The Hall–Kier alpha value is -0.900. The lowest BCUT2D eigenvalue weighted by Gasteiger charge is -2.15. The minimum atomic E-state index is -0.176. The monoisotopic (exact) mass is 223 g/mol. The summed E-state index contributed by atoms with van der Waals surface area (Å²) < 4.78 is 10.2. The van der Waals surface area contributed by atoms with E-state index in [2.05, 4.69) is 37.4 Å². The lowest BCUT2D eigenvalue weighted by atomic mass is 10.1. The van der Waals surface area contributed by atoms with Crippen LogP contribution < -0.4 is 5.32 Å². The lowest BCUT2D eigenvalue weighted by Crippen LogP contribution is -2.29. The van der Waals surface area contributed by atoms with Crippen molar-refractivity contribution in [3.63, 3.8) is 0 Å². The standard InChI is InChI=1S/C13H21NO2/c1-10-5-6-11(2)12(7-10)8-14-9-13(15-3)16-4/h5-7,13-14H,8-9H2,1-4H3. The van der Waals surface area contributed by atoms with Crippen LogP contribution in [-0.4, -0.2) is 27.1 Å². The molecule has 0 saturated heterocycles. The maximum Gasteiger partial charge on any atom is 0.169 e. The van der Waals surface area contributed by atoms with E-state index in [0.717, 1.165) is 6.54 Å². The Morgan fingerprint density at radius 2 is 1.88 bits per heavy atom. The molecule has 1 N–H and O–H groups in total. The Balaban J connectivity index is 2.45. The van der Waals surface area contributed by atoms with Crippen molar-refractivity contribution in [1.29, 1.82) is 0 Å². The molecule has 16 heavy (non-hydrogen) atoms. The van der Waals surface area contributed by atoms with Crippen molar-refractivity contribution in [3.05, 3.63) is 34.9 Å². The summed E-state index contributed by atoms with van der Waals surface area (Å²) in [7, 11) is 3.29. The zero-order valence-corrected chi connectivity index (χ0v) is 10.5. The van der Waals surface area contributed by atoms with E-state index in [4.69, 9.17) is 9.47 Å². The van der Waals surface area contributed by atoms with Gasteiger partial charge in [-0.2, -0.15) is 0 Å². The molecule has 0 atom stereocenters. The lowest BCUT2D eigenvalue weighted by molar-refractivity contribution is -0.0989. The number of aryl methyl sites for hydroxylation is 2. The van der Waals surface area contributed by atoms with Crippen LogP contribution in [0.4, 0.5) is 0 Å². The molecule has 3 heteroatoms. The van der Waals surface area contributed by atoms with Gasteiger partial charge in [0, 0.05) is 27.3 Å². The molecule has 0 aliphatic rings. The van der Waals surface area contributed by atoms with E-state index in [9.17, 15) is 0 Å². The topological polar surface area (TPSA) is 30.5 Å². The largest absolute Gasteiger partial charge is 0.355 e. The number of rotatable bonds is 6. The van der Waals surface area contributed by atoms with Crippen LogP contribution in [0.3, 0.4) is 0 Å². The van der Waals surface area contributed by atoms with E-state index < -0.39 is 0 Å². The molecule has 0 spiro atoms. The first kappa shape index (κ1) is 13.2. The van der Waals surface area contributed by atoms with Gasteiger partial charge in [-0.25, -0.2) is 0 Å². The van der Waals surface area contributed by atoms with Crippen molar-refractivity contribution in [2.75, 3.05) is 20.8 Å². The van der Waals surface area contributed by atoms with Gasteiger partial charge in [-0.1, -0.05) is 23.8 Å². The molecule has 0 heterocycles. The van der Waals surface area contributed by atoms with Crippen molar-refractivity contribution in [2.24, 2.45) is 0 Å². The second-order valence-corrected chi connectivity index (χ2v) is 3.96. The first-order valence-electron chi connectivity index (χ1n) is 5.49. The molecule has 0 amide bonds. The Labute approximate surface area is 97.8 Å². The predicted molar refractivity (Wildman–Crippen MR) is 65.4 cm³/mol. The van der Waals surface area contributed by atoms with Gasteiger partial charge < -0.3 is 14.8 Å². The average molecular weight is 223 g/mol. The van der Waals surface area contributed by atoms with Crippen LogP contribution in [0.25, 0.3) is 0 Å². The van der Waals surface area contributed by atoms with Crippen LogP contribution in [0.1, 0.15) is 16.7 Å². The Morgan fingerprint density at radius 3 is 2.50 bits per heavy atom. The van der Waals surface area contributed by atoms with Crippen LogP contribution in [0.15, 0.2) is 18.2 Å². The van der Waals surface area contributed by atoms with Crippen molar-refractivity contribution >= 4 is 0 Å². The zero-order chi connectivity index (χ0) is 12.0. The molecular formula is C13H21NO2. The molecule has 0 bridgehead atoms. The van der Waals surface area contributed by atoms with Gasteiger partial charge in [-0.15, -0.1) is 0 Å². The number of ether oxygens (including phenoxy) is 2. The van der Waals surface area contributed by atoms with Gasteiger partial charge in [0.2, 0.25) is 0 Å². The molecule has 0 saturated carbocycles. The van der Waals surface area contributed by atoms with Crippen LogP contribution in [0, 0.1) is 13.8 Å². The fourth-order valence-corrected chi connectivity index (χ4v) is 1.58. The van der Waals surface area contributed by atoms with Gasteiger partial charge in [0.25, 0.3) is 0 Å². The fourth-order valence-electron chi connectivity index (χ4n) is 1.58. The number of methoxy groups -OCH3 is 2. The van der Waals surface area contributed by atoms with Crippen LogP contribution in [0.2, 0.25) is 0 Å². The fraction of sp³-hybridized carbons (Fsp3) is 0.538. The third-order valence-electron chi connectivity index (χ3n) is 2.66.